The Kier molecular flexibility index (Phi) is 6.54. The number of rotatable bonds is 6. The smallest absolute Gasteiger partial charge is 0.223 e. The van der Waals surface area contributed by atoms with Crippen molar-refractivity contribution in [1.29, 1.82) is 0 Å². The Balaban J connectivity index is 1.84. The molecule has 0 radical (unpaired) electrons. The largest absolute Gasteiger partial charge is 0.341 e. The van der Waals surface area contributed by atoms with Crippen LogP contribution in [0.15, 0.2) is 57.5 Å². The highest BCUT2D eigenvalue weighted by atomic mass is 79.9. The standard InChI is InChI=1S/C18H17Br2NO2/c1-21(12-13-2-6-15(19)7-3-13)18(23)11-10-17(22)14-4-8-16(20)9-5-14/h2-9H,10-12H2,1H3. The topological polar surface area (TPSA) is 37.4 Å². The lowest BCUT2D eigenvalue weighted by molar-refractivity contribution is -0.130. The number of hydrogen-bond acceptors (Lipinski definition) is 2. The number of nitrogens with zero attached hydrogens (tertiary/aromatic N) is 1. The number of carbonyl (C=O) groups excluding carboxylic acids is 2. The molecule has 0 heterocycles. The lowest BCUT2D eigenvalue weighted by Gasteiger charge is -2.17. The molecule has 0 spiro atoms. The second-order valence-electron chi connectivity index (χ2n) is 5.31. The molecular weight excluding hydrogens is 422 g/mol. The zero-order valence-electron chi connectivity index (χ0n) is 12.8. The first-order valence-electron chi connectivity index (χ1n) is 7.23. The molecule has 0 bridgehead atoms. The summed E-state index contributed by atoms with van der Waals surface area (Å²) in [6, 6.07) is 15.0. The number of amides is 1. The Morgan fingerprint density at radius 1 is 0.870 bits per heavy atom. The summed E-state index contributed by atoms with van der Waals surface area (Å²) >= 11 is 6.72. The van der Waals surface area contributed by atoms with Crippen LogP contribution in [-0.2, 0) is 11.3 Å². The van der Waals surface area contributed by atoms with E-state index in [2.05, 4.69) is 31.9 Å². The number of halogens is 2. The Morgan fingerprint density at radius 3 is 1.96 bits per heavy atom. The van der Waals surface area contributed by atoms with Crippen molar-refractivity contribution in [2.24, 2.45) is 0 Å². The van der Waals surface area contributed by atoms with Gasteiger partial charge < -0.3 is 4.90 Å². The summed E-state index contributed by atoms with van der Waals surface area (Å²) in [4.78, 5) is 25.9. The number of benzene rings is 2. The molecular formula is C18H17Br2NO2. The predicted molar refractivity (Wildman–Crippen MR) is 98.3 cm³/mol. The molecule has 0 aliphatic heterocycles. The van der Waals surface area contributed by atoms with E-state index in [1.807, 2.05) is 36.4 Å². The quantitative estimate of drug-likeness (QED) is 0.605. The van der Waals surface area contributed by atoms with Crippen LogP contribution in [0.25, 0.3) is 0 Å². The van der Waals surface area contributed by atoms with Gasteiger partial charge in [-0.05, 0) is 29.8 Å². The van der Waals surface area contributed by atoms with Crippen molar-refractivity contribution in [3.05, 3.63) is 68.6 Å². The molecule has 0 aliphatic carbocycles. The van der Waals surface area contributed by atoms with Crippen molar-refractivity contribution in [2.45, 2.75) is 19.4 Å². The van der Waals surface area contributed by atoms with E-state index in [1.54, 1.807) is 24.1 Å². The number of ketones is 1. The second kappa shape index (κ2) is 8.41. The fourth-order valence-corrected chi connectivity index (χ4v) is 2.67. The van der Waals surface area contributed by atoms with E-state index in [0.29, 0.717) is 12.1 Å². The van der Waals surface area contributed by atoms with Gasteiger partial charge in [-0.3, -0.25) is 9.59 Å². The van der Waals surface area contributed by atoms with Crippen LogP contribution in [0.1, 0.15) is 28.8 Å². The van der Waals surface area contributed by atoms with Gasteiger partial charge in [0.1, 0.15) is 0 Å². The zero-order valence-corrected chi connectivity index (χ0v) is 15.9. The van der Waals surface area contributed by atoms with Gasteiger partial charge in [-0.15, -0.1) is 0 Å². The fourth-order valence-electron chi connectivity index (χ4n) is 2.14. The average Bonchev–Trinajstić information content (AvgIpc) is 2.55. The van der Waals surface area contributed by atoms with Crippen LogP contribution < -0.4 is 0 Å². The normalized spacial score (nSPS) is 10.4. The summed E-state index contributed by atoms with van der Waals surface area (Å²) < 4.78 is 1.94. The highest BCUT2D eigenvalue weighted by molar-refractivity contribution is 9.10. The molecule has 0 fully saturated rings. The minimum atomic E-state index is -0.0293. The lowest BCUT2D eigenvalue weighted by Crippen LogP contribution is -2.26. The maximum absolute atomic E-state index is 12.2. The summed E-state index contributed by atoms with van der Waals surface area (Å²) in [5.41, 5.74) is 1.69. The van der Waals surface area contributed by atoms with Gasteiger partial charge in [-0.2, -0.15) is 0 Å². The van der Waals surface area contributed by atoms with Gasteiger partial charge in [-0.1, -0.05) is 56.1 Å². The van der Waals surface area contributed by atoms with Crippen molar-refractivity contribution in [1.82, 2.24) is 4.90 Å². The van der Waals surface area contributed by atoms with Gasteiger partial charge in [0.2, 0.25) is 5.91 Å². The summed E-state index contributed by atoms with van der Waals surface area (Å²) in [7, 11) is 1.76. The third-order valence-corrected chi connectivity index (χ3v) is 4.55. The summed E-state index contributed by atoms with van der Waals surface area (Å²) in [6.07, 6.45) is 0.451. The minimum absolute atomic E-state index is 0.0112. The van der Waals surface area contributed by atoms with Gasteiger partial charge in [0.05, 0.1) is 0 Å². The monoisotopic (exact) mass is 437 g/mol. The van der Waals surface area contributed by atoms with E-state index >= 15 is 0 Å². The highest BCUT2D eigenvalue weighted by Gasteiger charge is 2.13. The third kappa shape index (κ3) is 5.59. The van der Waals surface area contributed by atoms with Gasteiger partial charge in [0.25, 0.3) is 0 Å². The van der Waals surface area contributed by atoms with Crippen LogP contribution in [0.2, 0.25) is 0 Å². The molecule has 0 unspecified atom stereocenters. The van der Waals surface area contributed by atoms with Crippen molar-refractivity contribution >= 4 is 43.6 Å². The zero-order chi connectivity index (χ0) is 16.8. The first-order chi connectivity index (χ1) is 11.0. The molecule has 2 rings (SSSR count). The molecule has 0 saturated heterocycles. The summed E-state index contributed by atoms with van der Waals surface area (Å²) in [5, 5.41) is 0. The number of Topliss-reactive ketones (excluding diaryl/α,β-unsaturated/α-hetero) is 1. The molecule has 120 valence electrons. The maximum atomic E-state index is 12.2. The van der Waals surface area contributed by atoms with Crippen LogP contribution in [-0.4, -0.2) is 23.6 Å². The van der Waals surface area contributed by atoms with E-state index in [4.69, 9.17) is 0 Å². The van der Waals surface area contributed by atoms with Gasteiger partial charge in [-0.25, -0.2) is 0 Å². The Labute approximate surface area is 152 Å². The van der Waals surface area contributed by atoms with Crippen molar-refractivity contribution in [3.63, 3.8) is 0 Å². The van der Waals surface area contributed by atoms with Crippen LogP contribution in [0.4, 0.5) is 0 Å². The molecule has 3 nitrogen and oxygen atoms in total. The molecule has 0 saturated carbocycles. The molecule has 0 atom stereocenters. The van der Waals surface area contributed by atoms with Gasteiger partial charge >= 0.3 is 0 Å². The predicted octanol–water partition coefficient (Wildman–Crippen LogP) is 4.83. The highest BCUT2D eigenvalue weighted by Crippen LogP contribution is 2.14. The van der Waals surface area contributed by atoms with Crippen molar-refractivity contribution < 1.29 is 9.59 Å². The first kappa shape index (κ1) is 17.9. The number of hydrogen-bond donors (Lipinski definition) is 0. The minimum Gasteiger partial charge on any atom is -0.341 e. The SMILES string of the molecule is CN(Cc1ccc(Br)cc1)C(=O)CCC(=O)c1ccc(Br)cc1. The van der Waals surface area contributed by atoms with E-state index < -0.39 is 0 Å². The molecule has 1 amide bonds. The van der Waals surface area contributed by atoms with E-state index in [1.165, 1.54) is 0 Å². The Bertz CT molecular complexity index is 681. The lowest BCUT2D eigenvalue weighted by atomic mass is 10.1. The maximum Gasteiger partial charge on any atom is 0.223 e. The van der Waals surface area contributed by atoms with E-state index in [0.717, 1.165) is 14.5 Å². The van der Waals surface area contributed by atoms with Crippen molar-refractivity contribution in [3.8, 4) is 0 Å². The molecule has 2 aromatic rings. The van der Waals surface area contributed by atoms with E-state index in [9.17, 15) is 9.59 Å². The molecule has 0 aromatic heterocycles. The molecule has 23 heavy (non-hydrogen) atoms. The third-order valence-electron chi connectivity index (χ3n) is 3.49. The van der Waals surface area contributed by atoms with Gasteiger partial charge in [0.15, 0.2) is 5.78 Å². The number of carbonyl (C=O) groups is 2. The fraction of sp³-hybridized carbons (Fsp3) is 0.222. The van der Waals surface area contributed by atoms with Crippen molar-refractivity contribution in [2.75, 3.05) is 7.05 Å². The van der Waals surface area contributed by atoms with Gasteiger partial charge in [0, 0.05) is 40.9 Å². The average molecular weight is 439 g/mol. The second-order valence-corrected chi connectivity index (χ2v) is 7.14. The molecule has 0 N–H and O–H groups in total. The van der Waals surface area contributed by atoms with Crippen LogP contribution in [0, 0.1) is 0 Å². The van der Waals surface area contributed by atoms with Crippen LogP contribution in [0.3, 0.4) is 0 Å². The summed E-state index contributed by atoms with van der Waals surface area (Å²) in [6.45, 7) is 0.540. The molecule has 2 aromatic carbocycles. The Morgan fingerprint density at radius 2 is 1.39 bits per heavy atom. The first-order valence-corrected chi connectivity index (χ1v) is 8.81. The van der Waals surface area contributed by atoms with Crippen LogP contribution >= 0.6 is 31.9 Å². The van der Waals surface area contributed by atoms with Crippen LogP contribution in [0.5, 0.6) is 0 Å². The van der Waals surface area contributed by atoms with E-state index in [-0.39, 0.29) is 24.5 Å². The summed E-state index contributed by atoms with van der Waals surface area (Å²) in [5.74, 6) is -0.0405. The Hall–Kier alpha value is -1.46. The molecule has 0 aliphatic rings. The molecule has 5 heteroatoms.